The summed E-state index contributed by atoms with van der Waals surface area (Å²) in [6, 6.07) is 5.62. The van der Waals surface area contributed by atoms with Crippen molar-refractivity contribution in [2.24, 2.45) is 0 Å². The molecule has 1 saturated heterocycles. The van der Waals surface area contributed by atoms with Gasteiger partial charge in [-0.05, 0) is 25.0 Å². The standard InChI is InChI=1S/C12H15Cl2NO/c13-11-4-1-5-12(14)10(11)8-15-7-9-3-2-6-16-9/h1,4-5,9,15H,2-3,6-8H2/p+1/t9-/m1/s1. The fourth-order valence-electron chi connectivity index (χ4n) is 1.97. The molecule has 4 heteroatoms. The Bertz CT molecular complexity index is 331. The van der Waals surface area contributed by atoms with Crippen LogP contribution in [0.25, 0.3) is 0 Å². The summed E-state index contributed by atoms with van der Waals surface area (Å²) < 4.78 is 5.55. The topological polar surface area (TPSA) is 25.8 Å². The number of quaternary nitrogens is 1. The molecule has 88 valence electrons. The lowest BCUT2D eigenvalue weighted by Crippen LogP contribution is -2.84. The molecule has 1 fully saturated rings. The molecule has 1 aromatic rings. The van der Waals surface area contributed by atoms with Crippen molar-refractivity contribution in [3.63, 3.8) is 0 Å². The first-order chi connectivity index (χ1) is 7.77. The number of halogens is 2. The van der Waals surface area contributed by atoms with E-state index >= 15 is 0 Å². The molecule has 0 radical (unpaired) electrons. The first kappa shape index (κ1) is 12.2. The molecule has 0 aromatic heterocycles. The highest BCUT2D eigenvalue weighted by molar-refractivity contribution is 6.35. The molecule has 0 amide bonds. The van der Waals surface area contributed by atoms with Gasteiger partial charge in [-0.1, -0.05) is 29.3 Å². The van der Waals surface area contributed by atoms with E-state index < -0.39 is 0 Å². The maximum Gasteiger partial charge on any atom is 0.106 e. The van der Waals surface area contributed by atoms with Crippen LogP contribution in [-0.2, 0) is 11.3 Å². The van der Waals surface area contributed by atoms with Gasteiger partial charge < -0.3 is 10.1 Å². The molecule has 2 nitrogen and oxygen atoms in total. The average Bonchev–Trinajstić information content (AvgIpc) is 2.75. The van der Waals surface area contributed by atoms with Crippen LogP contribution >= 0.6 is 23.2 Å². The zero-order valence-corrected chi connectivity index (χ0v) is 10.6. The van der Waals surface area contributed by atoms with Crippen molar-refractivity contribution in [2.45, 2.75) is 25.5 Å². The quantitative estimate of drug-likeness (QED) is 0.883. The van der Waals surface area contributed by atoms with Gasteiger partial charge in [0.1, 0.15) is 19.2 Å². The lowest BCUT2D eigenvalue weighted by molar-refractivity contribution is -0.676. The van der Waals surface area contributed by atoms with Crippen LogP contribution in [0.5, 0.6) is 0 Å². The average molecular weight is 261 g/mol. The van der Waals surface area contributed by atoms with Crippen LogP contribution in [0.2, 0.25) is 10.0 Å². The fraction of sp³-hybridized carbons (Fsp3) is 0.500. The predicted octanol–water partition coefficient (Wildman–Crippen LogP) is 2.24. The normalized spacial score (nSPS) is 20.2. The van der Waals surface area contributed by atoms with Gasteiger partial charge in [-0.25, -0.2) is 0 Å². The third kappa shape index (κ3) is 3.11. The molecule has 1 aromatic carbocycles. The molecule has 0 aliphatic carbocycles. The highest BCUT2D eigenvalue weighted by atomic mass is 35.5. The summed E-state index contributed by atoms with van der Waals surface area (Å²) in [5.41, 5.74) is 1.02. The van der Waals surface area contributed by atoms with Crippen LogP contribution in [0.3, 0.4) is 0 Å². The summed E-state index contributed by atoms with van der Waals surface area (Å²) in [5, 5.41) is 3.70. The lowest BCUT2D eigenvalue weighted by Gasteiger charge is -2.09. The largest absolute Gasteiger partial charge is 0.372 e. The number of hydrogen-bond acceptors (Lipinski definition) is 1. The molecule has 0 spiro atoms. The monoisotopic (exact) mass is 260 g/mol. The summed E-state index contributed by atoms with van der Waals surface area (Å²) >= 11 is 12.2. The van der Waals surface area contributed by atoms with Gasteiger partial charge >= 0.3 is 0 Å². The molecular weight excluding hydrogens is 245 g/mol. The number of nitrogens with two attached hydrogens (primary N) is 1. The predicted molar refractivity (Wildman–Crippen MR) is 65.9 cm³/mol. The van der Waals surface area contributed by atoms with E-state index in [1.807, 2.05) is 18.2 Å². The van der Waals surface area contributed by atoms with Crippen LogP contribution in [0.4, 0.5) is 0 Å². The molecule has 0 bridgehead atoms. The van der Waals surface area contributed by atoms with E-state index in [1.54, 1.807) is 0 Å². The van der Waals surface area contributed by atoms with Gasteiger partial charge in [0.15, 0.2) is 0 Å². The summed E-state index contributed by atoms with van der Waals surface area (Å²) in [6.07, 6.45) is 2.76. The van der Waals surface area contributed by atoms with Gasteiger partial charge in [-0.15, -0.1) is 0 Å². The van der Waals surface area contributed by atoms with Crippen molar-refractivity contribution in [2.75, 3.05) is 13.2 Å². The Morgan fingerprint density at radius 2 is 2.06 bits per heavy atom. The smallest absolute Gasteiger partial charge is 0.106 e. The number of hydrogen-bond donors (Lipinski definition) is 1. The van der Waals surface area contributed by atoms with E-state index in [-0.39, 0.29) is 0 Å². The van der Waals surface area contributed by atoms with E-state index in [1.165, 1.54) is 12.8 Å². The molecule has 16 heavy (non-hydrogen) atoms. The van der Waals surface area contributed by atoms with E-state index in [0.717, 1.165) is 35.3 Å². The van der Waals surface area contributed by atoms with Gasteiger partial charge in [0, 0.05) is 12.2 Å². The Morgan fingerprint density at radius 1 is 1.31 bits per heavy atom. The summed E-state index contributed by atoms with van der Waals surface area (Å²) in [4.78, 5) is 0. The maximum atomic E-state index is 6.09. The van der Waals surface area contributed by atoms with E-state index in [9.17, 15) is 0 Å². The molecular formula is C12H16Cl2NO+. The fourth-order valence-corrected chi connectivity index (χ4v) is 2.52. The van der Waals surface area contributed by atoms with E-state index in [0.29, 0.717) is 6.10 Å². The first-order valence-electron chi connectivity index (χ1n) is 5.63. The maximum absolute atomic E-state index is 6.09. The van der Waals surface area contributed by atoms with Crippen molar-refractivity contribution in [3.8, 4) is 0 Å². The Labute approximate surface area is 106 Å². The molecule has 1 aliphatic rings. The molecule has 0 saturated carbocycles. The van der Waals surface area contributed by atoms with Gasteiger partial charge in [-0.2, -0.15) is 0 Å². The zero-order valence-electron chi connectivity index (χ0n) is 9.09. The molecule has 1 heterocycles. The summed E-state index contributed by atoms with van der Waals surface area (Å²) in [7, 11) is 0. The second-order valence-corrected chi connectivity index (χ2v) is 4.88. The Hall–Kier alpha value is -0.280. The van der Waals surface area contributed by atoms with Crippen molar-refractivity contribution < 1.29 is 10.1 Å². The number of benzene rings is 1. The zero-order chi connectivity index (χ0) is 11.4. The third-order valence-electron chi connectivity index (χ3n) is 2.86. The Balaban J connectivity index is 1.84. The van der Waals surface area contributed by atoms with Crippen LogP contribution in [0, 0.1) is 0 Å². The van der Waals surface area contributed by atoms with E-state index in [4.69, 9.17) is 27.9 Å². The first-order valence-corrected chi connectivity index (χ1v) is 6.39. The molecule has 2 N–H and O–H groups in total. The van der Waals surface area contributed by atoms with Crippen LogP contribution < -0.4 is 5.32 Å². The lowest BCUT2D eigenvalue weighted by atomic mass is 10.2. The minimum atomic E-state index is 0.404. The highest BCUT2D eigenvalue weighted by Gasteiger charge is 2.17. The van der Waals surface area contributed by atoms with Gasteiger partial charge in [-0.3, -0.25) is 0 Å². The molecule has 0 unspecified atom stereocenters. The molecule has 2 rings (SSSR count). The van der Waals surface area contributed by atoms with Gasteiger partial charge in [0.25, 0.3) is 0 Å². The van der Waals surface area contributed by atoms with Crippen LogP contribution in [-0.4, -0.2) is 19.3 Å². The minimum absolute atomic E-state index is 0.404. The third-order valence-corrected chi connectivity index (χ3v) is 3.57. The van der Waals surface area contributed by atoms with Crippen LogP contribution in [0.15, 0.2) is 18.2 Å². The van der Waals surface area contributed by atoms with Crippen LogP contribution in [0.1, 0.15) is 18.4 Å². The highest BCUT2D eigenvalue weighted by Crippen LogP contribution is 2.22. The number of rotatable bonds is 4. The number of ether oxygens (including phenoxy) is 1. The second kappa shape index (κ2) is 5.87. The SMILES string of the molecule is Clc1cccc(Cl)c1C[NH2+]C[C@H]1CCCO1. The summed E-state index contributed by atoms with van der Waals surface area (Å²) in [5.74, 6) is 0. The van der Waals surface area contributed by atoms with Crippen molar-refractivity contribution in [1.29, 1.82) is 0 Å². The molecule has 1 atom stereocenters. The summed E-state index contributed by atoms with van der Waals surface area (Å²) in [6.45, 7) is 2.71. The Morgan fingerprint density at radius 3 is 2.69 bits per heavy atom. The van der Waals surface area contributed by atoms with E-state index in [2.05, 4.69) is 5.32 Å². The Kier molecular flexibility index (Phi) is 4.47. The van der Waals surface area contributed by atoms with Crippen molar-refractivity contribution in [3.05, 3.63) is 33.8 Å². The van der Waals surface area contributed by atoms with Gasteiger partial charge in [0.2, 0.25) is 0 Å². The second-order valence-electron chi connectivity index (χ2n) is 4.06. The van der Waals surface area contributed by atoms with Crippen molar-refractivity contribution >= 4 is 23.2 Å². The molecule has 1 aliphatic heterocycles. The van der Waals surface area contributed by atoms with Gasteiger partial charge in [0.05, 0.1) is 10.0 Å². The van der Waals surface area contributed by atoms with Crippen molar-refractivity contribution in [1.82, 2.24) is 0 Å². The minimum Gasteiger partial charge on any atom is -0.372 e.